The second-order valence-electron chi connectivity index (χ2n) is 15.0. The summed E-state index contributed by atoms with van der Waals surface area (Å²) in [5.41, 5.74) is 6.08. The van der Waals surface area contributed by atoms with Crippen LogP contribution in [0.4, 0.5) is 4.79 Å². The number of rotatable bonds is 10. The van der Waals surface area contributed by atoms with Crippen molar-refractivity contribution in [2.24, 2.45) is 30.7 Å². The molecule has 9 rings (SSSR count). The standard InChI is InChI=1S/C39H46N6O4S/c1-24-34(23-50-38-42-43-44-45(38)2)48-36(49-35(24)31-8-6-25(22-46)7-9-31)32-12-10-30(11-13-32)33-5-3-4-26(17-33)21-40-37(47)41-39-18-27-14-28(19-39)16-29(15-27)20-39/h3-13,17,24,27-29,34-36,46H,14-16,18-23H2,1-2H3,(H2,40,41,47)/t24-,27?,28?,29?,34+,35+,36+,39?/m0/s1. The van der Waals surface area contributed by atoms with Crippen molar-refractivity contribution >= 4 is 17.8 Å². The summed E-state index contributed by atoms with van der Waals surface area (Å²) in [5, 5.41) is 28.7. The van der Waals surface area contributed by atoms with E-state index in [1.807, 2.05) is 37.4 Å². The predicted octanol–water partition coefficient (Wildman–Crippen LogP) is 6.72. The van der Waals surface area contributed by atoms with Gasteiger partial charge in [-0.25, -0.2) is 9.48 Å². The van der Waals surface area contributed by atoms with Crippen LogP contribution >= 0.6 is 11.8 Å². The zero-order valence-electron chi connectivity index (χ0n) is 28.7. The number of aromatic nitrogens is 4. The lowest BCUT2D eigenvalue weighted by Crippen LogP contribution is -2.61. The van der Waals surface area contributed by atoms with Crippen LogP contribution in [0.5, 0.6) is 0 Å². The van der Waals surface area contributed by atoms with Crippen LogP contribution in [0.15, 0.2) is 78.0 Å². The lowest BCUT2D eigenvalue weighted by atomic mass is 9.53. The highest BCUT2D eigenvalue weighted by atomic mass is 32.2. The van der Waals surface area contributed by atoms with Gasteiger partial charge in [0.05, 0.1) is 18.8 Å². The van der Waals surface area contributed by atoms with Gasteiger partial charge in [-0.2, -0.15) is 0 Å². The van der Waals surface area contributed by atoms with Gasteiger partial charge in [0, 0.05) is 36.4 Å². The molecule has 5 fully saturated rings. The summed E-state index contributed by atoms with van der Waals surface area (Å²) in [7, 11) is 1.83. The van der Waals surface area contributed by atoms with Gasteiger partial charge in [-0.1, -0.05) is 85.4 Å². The van der Waals surface area contributed by atoms with E-state index in [-0.39, 0.29) is 36.3 Å². The summed E-state index contributed by atoms with van der Waals surface area (Å²) >= 11 is 1.57. The first kappa shape index (κ1) is 33.4. The molecule has 1 saturated heterocycles. The number of benzene rings is 3. The number of thioether (sulfide) groups is 1. The summed E-state index contributed by atoms with van der Waals surface area (Å²) in [4.78, 5) is 13.1. The molecule has 262 valence electrons. The summed E-state index contributed by atoms with van der Waals surface area (Å²) in [6.45, 7) is 2.64. The van der Waals surface area contributed by atoms with Crippen molar-refractivity contribution in [3.05, 3.63) is 95.1 Å². The molecule has 4 atom stereocenters. The van der Waals surface area contributed by atoms with Gasteiger partial charge in [0.1, 0.15) is 0 Å². The number of hydrogen-bond acceptors (Lipinski definition) is 8. The van der Waals surface area contributed by atoms with Gasteiger partial charge in [-0.05, 0) is 101 Å². The van der Waals surface area contributed by atoms with Crippen LogP contribution in [0.3, 0.4) is 0 Å². The van der Waals surface area contributed by atoms with E-state index in [9.17, 15) is 9.90 Å². The largest absolute Gasteiger partial charge is 0.392 e. The Kier molecular flexibility index (Phi) is 9.41. The zero-order chi connectivity index (χ0) is 34.2. The van der Waals surface area contributed by atoms with E-state index in [1.54, 1.807) is 16.4 Å². The van der Waals surface area contributed by atoms with Crippen molar-refractivity contribution in [2.45, 2.75) is 87.8 Å². The quantitative estimate of drug-likeness (QED) is 0.156. The molecular weight excluding hydrogens is 649 g/mol. The topological polar surface area (TPSA) is 123 Å². The number of amides is 2. The molecule has 4 aromatic rings. The molecular formula is C39H46N6O4S. The Hall–Kier alpha value is -3.77. The maximum Gasteiger partial charge on any atom is 0.315 e. The van der Waals surface area contributed by atoms with Gasteiger partial charge in [0.2, 0.25) is 5.16 Å². The molecule has 3 N–H and O–H groups in total. The Balaban J connectivity index is 0.936. The Morgan fingerprint density at radius 3 is 2.28 bits per heavy atom. The first-order valence-electron chi connectivity index (χ1n) is 17.9. The van der Waals surface area contributed by atoms with Crippen molar-refractivity contribution in [1.82, 2.24) is 30.8 Å². The Bertz CT molecular complexity index is 1760. The fourth-order valence-corrected chi connectivity index (χ4v) is 10.2. The molecule has 1 aliphatic heterocycles. The third-order valence-electron chi connectivity index (χ3n) is 11.4. The minimum Gasteiger partial charge on any atom is -0.392 e. The molecule has 2 heterocycles. The first-order valence-corrected chi connectivity index (χ1v) is 18.9. The van der Waals surface area contributed by atoms with Crippen LogP contribution in [-0.4, -0.2) is 48.7 Å². The minimum absolute atomic E-state index is 0.000859. The number of hydrogen-bond donors (Lipinski definition) is 3. The van der Waals surface area contributed by atoms with Crippen molar-refractivity contribution in [3.63, 3.8) is 0 Å². The van der Waals surface area contributed by atoms with Crippen molar-refractivity contribution in [3.8, 4) is 11.1 Å². The van der Waals surface area contributed by atoms with Crippen LogP contribution in [0.2, 0.25) is 0 Å². The van der Waals surface area contributed by atoms with Crippen LogP contribution in [0.25, 0.3) is 11.1 Å². The predicted molar refractivity (Wildman–Crippen MR) is 191 cm³/mol. The van der Waals surface area contributed by atoms with E-state index < -0.39 is 6.29 Å². The highest BCUT2D eigenvalue weighted by Crippen LogP contribution is 2.55. The number of tetrazole rings is 1. The fraction of sp³-hybridized carbons (Fsp3) is 0.487. The highest BCUT2D eigenvalue weighted by molar-refractivity contribution is 7.99. The fourth-order valence-electron chi connectivity index (χ4n) is 9.23. The average molecular weight is 695 g/mol. The molecule has 2 amide bonds. The molecule has 4 saturated carbocycles. The first-order chi connectivity index (χ1) is 24.3. The number of aliphatic hydroxyl groups excluding tert-OH is 1. The highest BCUT2D eigenvalue weighted by Gasteiger charge is 2.51. The van der Waals surface area contributed by atoms with Gasteiger partial charge in [-0.15, -0.1) is 5.10 Å². The maximum absolute atomic E-state index is 13.1. The van der Waals surface area contributed by atoms with Gasteiger partial charge in [0.15, 0.2) is 6.29 Å². The monoisotopic (exact) mass is 694 g/mol. The smallest absolute Gasteiger partial charge is 0.315 e. The van der Waals surface area contributed by atoms with Crippen LogP contribution in [0.1, 0.15) is 80.1 Å². The molecule has 4 bridgehead atoms. The summed E-state index contributed by atoms with van der Waals surface area (Å²) < 4.78 is 14.9. The van der Waals surface area contributed by atoms with Crippen LogP contribution < -0.4 is 10.6 Å². The molecule has 0 unspecified atom stereocenters. The molecule has 4 aliphatic carbocycles. The molecule has 0 radical (unpaired) electrons. The SMILES string of the molecule is C[C@H]1[C@@H](CSc2nnnn2C)O[C@@H](c2ccc(-c3cccc(CNC(=O)NC45CC6CC(CC(C6)C4)C5)c3)cc2)O[C@H]1c1ccc(CO)cc1. The second kappa shape index (κ2) is 14.1. The Morgan fingerprint density at radius 1 is 0.920 bits per heavy atom. The molecule has 0 spiro atoms. The summed E-state index contributed by atoms with van der Waals surface area (Å²) in [6, 6.07) is 24.6. The lowest BCUT2D eigenvalue weighted by Gasteiger charge is -2.56. The van der Waals surface area contributed by atoms with Crippen LogP contribution in [0, 0.1) is 23.7 Å². The van der Waals surface area contributed by atoms with E-state index >= 15 is 0 Å². The molecule has 1 aromatic heterocycles. The number of urea groups is 1. The van der Waals surface area contributed by atoms with Gasteiger partial charge < -0.3 is 25.2 Å². The summed E-state index contributed by atoms with van der Waals surface area (Å²) in [6.07, 6.45) is 6.63. The molecule has 11 heteroatoms. The number of nitrogens with one attached hydrogen (secondary N) is 2. The van der Waals surface area contributed by atoms with E-state index in [1.165, 1.54) is 19.3 Å². The number of carbonyl (C=O) groups is 1. The molecule has 5 aliphatic rings. The van der Waals surface area contributed by atoms with E-state index in [2.05, 4.69) is 75.5 Å². The van der Waals surface area contributed by atoms with Crippen molar-refractivity contribution in [2.75, 3.05) is 5.75 Å². The number of carbonyl (C=O) groups excluding carboxylic acids is 1. The van der Waals surface area contributed by atoms with Gasteiger partial charge >= 0.3 is 6.03 Å². The van der Waals surface area contributed by atoms with E-state index in [0.29, 0.717) is 12.3 Å². The van der Waals surface area contributed by atoms with Gasteiger partial charge in [0.25, 0.3) is 0 Å². The lowest BCUT2D eigenvalue weighted by molar-refractivity contribution is -0.268. The Labute approximate surface area is 297 Å². The number of nitrogens with zero attached hydrogens (tertiary/aromatic N) is 4. The second-order valence-corrected chi connectivity index (χ2v) is 16.0. The van der Waals surface area contributed by atoms with E-state index in [4.69, 9.17) is 9.47 Å². The number of aliphatic hydroxyl groups is 1. The third-order valence-corrected chi connectivity index (χ3v) is 12.5. The Morgan fingerprint density at radius 2 is 1.62 bits per heavy atom. The molecule has 10 nitrogen and oxygen atoms in total. The molecule has 3 aromatic carbocycles. The van der Waals surface area contributed by atoms with E-state index in [0.717, 1.165) is 75.6 Å². The molecule has 50 heavy (non-hydrogen) atoms. The normalized spacial score (nSPS) is 29.9. The number of ether oxygens (including phenoxy) is 2. The summed E-state index contributed by atoms with van der Waals surface area (Å²) in [5.74, 6) is 3.11. The average Bonchev–Trinajstić information content (AvgIpc) is 3.54. The third kappa shape index (κ3) is 7.06. The van der Waals surface area contributed by atoms with Gasteiger partial charge in [-0.3, -0.25) is 0 Å². The zero-order valence-corrected chi connectivity index (χ0v) is 29.5. The van der Waals surface area contributed by atoms with Crippen molar-refractivity contribution in [1.29, 1.82) is 0 Å². The maximum atomic E-state index is 13.1. The van der Waals surface area contributed by atoms with Crippen molar-refractivity contribution < 1.29 is 19.4 Å². The number of aryl methyl sites for hydroxylation is 1. The van der Waals surface area contributed by atoms with Crippen LogP contribution in [-0.2, 0) is 29.7 Å². The minimum atomic E-state index is -0.561.